The summed E-state index contributed by atoms with van der Waals surface area (Å²) >= 11 is 0. The summed E-state index contributed by atoms with van der Waals surface area (Å²) in [7, 11) is 0. The summed E-state index contributed by atoms with van der Waals surface area (Å²) in [6.07, 6.45) is -2.81. The molecule has 0 amide bonds. The topological polar surface area (TPSA) is 115 Å². The number of carbonyl (C=O) groups is 2. The second-order valence-electron chi connectivity index (χ2n) is 9.31. The van der Waals surface area contributed by atoms with Crippen molar-refractivity contribution in [2.75, 3.05) is 49.5 Å². The number of guanidine groups is 1. The zero-order valence-electron chi connectivity index (χ0n) is 21.9. The zero-order valence-corrected chi connectivity index (χ0v) is 21.9. The van der Waals surface area contributed by atoms with Gasteiger partial charge < -0.3 is 30.1 Å². The molecule has 12 heteroatoms. The minimum absolute atomic E-state index is 0.161. The molecule has 0 aliphatic carbocycles. The molecule has 2 saturated heterocycles. The first-order valence-electron chi connectivity index (χ1n) is 12.6. The predicted molar refractivity (Wildman–Crippen MR) is 142 cm³/mol. The van der Waals surface area contributed by atoms with Crippen molar-refractivity contribution in [3.05, 3.63) is 59.2 Å². The normalized spacial score (nSPS) is 17.9. The van der Waals surface area contributed by atoms with Gasteiger partial charge in [0.15, 0.2) is 5.96 Å². The fourth-order valence-corrected chi connectivity index (χ4v) is 4.29. The van der Waals surface area contributed by atoms with E-state index in [1.165, 1.54) is 16.8 Å². The highest BCUT2D eigenvalue weighted by Crippen LogP contribution is 2.24. The third kappa shape index (κ3) is 8.60. The van der Waals surface area contributed by atoms with E-state index >= 15 is 0 Å². The van der Waals surface area contributed by atoms with Crippen molar-refractivity contribution in [2.24, 2.45) is 4.99 Å². The lowest BCUT2D eigenvalue weighted by molar-refractivity contribution is -0.192. The first-order valence-corrected chi connectivity index (χ1v) is 12.6. The number of ether oxygens (including phenoxy) is 1. The molecule has 39 heavy (non-hydrogen) atoms. The van der Waals surface area contributed by atoms with Gasteiger partial charge in [0.25, 0.3) is 0 Å². The maximum atomic E-state index is 11.4. The van der Waals surface area contributed by atoms with E-state index in [1.54, 1.807) is 18.2 Å². The van der Waals surface area contributed by atoms with E-state index in [4.69, 9.17) is 19.6 Å². The fraction of sp³-hybridized carbons (Fsp3) is 0.444. The van der Waals surface area contributed by atoms with Crippen LogP contribution in [0.4, 0.5) is 24.5 Å². The number of nitrogens with one attached hydrogen (secondary N) is 1. The van der Waals surface area contributed by atoms with Gasteiger partial charge in [-0.15, -0.1) is 0 Å². The van der Waals surface area contributed by atoms with Crippen molar-refractivity contribution < 1.29 is 37.7 Å². The zero-order chi connectivity index (χ0) is 28.6. The van der Waals surface area contributed by atoms with Crippen LogP contribution < -0.4 is 10.2 Å². The van der Waals surface area contributed by atoms with Gasteiger partial charge in [-0.3, -0.25) is 4.99 Å². The Morgan fingerprint density at radius 3 is 2.33 bits per heavy atom. The van der Waals surface area contributed by atoms with E-state index in [-0.39, 0.29) is 11.7 Å². The lowest BCUT2D eigenvalue weighted by Crippen LogP contribution is -2.51. The van der Waals surface area contributed by atoms with Crippen molar-refractivity contribution in [1.82, 2.24) is 4.90 Å². The van der Waals surface area contributed by atoms with Crippen molar-refractivity contribution >= 4 is 29.3 Å². The van der Waals surface area contributed by atoms with Crippen LogP contribution in [0.1, 0.15) is 34.3 Å². The average molecular weight is 551 g/mol. The summed E-state index contributed by atoms with van der Waals surface area (Å²) in [4.78, 5) is 29.8. The van der Waals surface area contributed by atoms with E-state index < -0.39 is 18.1 Å². The molecule has 2 aliphatic rings. The number of alkyl halides is 3. The summed E-state index contributed by atoms with van der Waals surface area (Å²) in [5.74, 6) is -2.91. The number of piperazine rings is 1. The number of benzene rings is 2. The molecule has 1 atom stereocenters. The van der Waals surface area contributed by atoms with E-state index in [9.17, 15) is 23.1 Å². The Kier molecular flexibility index (Phi) is 10.2. The van der Waals surface area contributed by atoms with E-state index in [1.807, 2.05) is 6.07 Å². The van der Waals surface area contributed by atoms with Gasteiger partial charge in [-0.25, -0.2) is 9.59 Å². The molecule has 0 aromatic heterocycles. The fourth-order valence-electron chi connectivity index (χ4n) is 4.29. The number of aromatic carboxylic acids is 1. The third-order valence-corrected chi connectivity index (χ3v) is 6.57. The number of halogens is 3. The second-order valence-corrected chi connectivity index (χ2v) is 9.31. The van der Waals surface area contributed by atoms with E-state index in [2.05, 4.69) is 47.2 Å². The largest absolute Gasteiger partial charge is 0.490 e. The molecular weight excluding hydrogens is 517 g/mol. The van der Waals surface area contributed by atoms with Crippen molar-refractivity contribution in [3.8, 4) is 0 Å². The lowest BCUT2D eigenvalue weighted by atomic mass is 10.1. The van der Waals surface area contributed by atoms with Gasteiger partial charge in [0.05, 0.1) is 18.2 Å². The molecule has 0 spiro atoms. The van der Waals surface area contributed by atoms with Crippen LogP contribution in [0.25, 0.3) is 0 Å². The van der Waals surface area contributed by atoms with E-state index in [0.717, 1.165) is 57.3 Å². The van der Waals surface area contributed by atoms with Crippen LogP contribution >= 0.6 is 0 Å². The SMILES string of the molecule is Cc1cccc(N2CCN(C(=NCC3CCCO3)Nc3cccc(C(=O)O)c3)CC2)c1C.O=C(O)C(F)(F)F. The molecule has 1 unspecified atom stereocenters. The number of carboxylic acids is 2. The summed E-state index contributed by atoms with van der Waals surface area (Å²) in [5.41, 5.74) is 4.92. The van der Waals surface area contributed by atoms with Crippen molar-refractivity contribution in [2.45, 2.75) is 39.0 Å². The number of aliphatic carboxylic acids is 1. The number of anilines is 2. The highest BCUT2D eigenvalue weighted by Gasteiger charge is 2.38. The molecule has 2 aromatic carbocycles. The van der Waals surface area contributed by atoms with Crippen LogP contribution in [0.3, 0.4) is 0 Å². The summed E-state index contributed by atoms with van der Waals surface area (Å²) in [6, 6.07) is 13.3. The standard InChI is InChI=1S/C25H32N4O3.C2HF3O2/c1-18-6-3-10-23(19(18)2)28-11-13-29(14-12-28)25(26-17-22-9-5-15-32-22)27-21-8-4-7-20(16-21)24(30)31;3-2(4,5)1(6)7/h3-4,6-8,10,16,22H,5,9,11-15,17H2,1-2H3,(H,26,27)(H,30,31);(H,6,7). The molecule has 0 radical (unpaired) electrons. The van der Waals surface area contributed by atoms with Gasteiger partial charge in [-0.05, 0) is 62.1 Å². The van der Waals surface area contributed by atoms with Crippen LogP contribution in [-0.4, -0.2) is 84.6 Å². The first kappa shape index (κ1) is 29.8. The van der Waals surface area contributed by atoms with Gasteiger partial charge >= 0.3 is 18.1 Å². The molecule has 4 rings (SSSR count). The monoisotopic (exact) mass is 550 g/mol. The first-order chi connectivity index (χ1) is 18.5. The van der Waals surface area contributed by atoms with Crippen molar-refractivity contribution in [1.29, 1.82) is 0 Å². The lowest BCUT2D eigenvalue weighted by Gasteiger charge is -2.38. The van der Waals surface area contributed by atoms with Gasteiger partial charge in [-0.1, -0.05) is 18.2 Å². The number of rotatable bonds is 5. The van der Waals surface area contributed by atoms with Gasteiger partial charge in [0, 0.05) is 44.2 Å². The Morgan fingerprint density at radius 1 is 1.08 bits per heavy atom. The maximum Gasteiger partial charge on any atom is 0.490 e. The molecule has 2 aromatic rings. The summed E-state index contributed by atoms with van der Waals surface area (Å²) < 4.78 is 37.5. The Morgan fingerprint density at radius 2 is 1.74 bits per heavy atom. The molecule has 3 N–H and O–H groups in total. The Bertz CT molecular complexity index is 1170. The second kappa shape index (κ2) is 13.3. The van der Waals surface area contributed by atoms with Gasteiger partial charge in [-0.2, -0.15) is 13.2 Å². The van der Waals surface area contributed by atoms with Crippen LogP contribution in [-0.2, 0) is 9.53 Å². The molecule has 2 fully saturated rings. The highest BCUT2D eigenvalue weighted by atomic mass is 19.4. The minimum Gasteiger partial charge on any atom is -0.478 e. The number of aryl methyl sites for hydroxylation is 1. The highest BCUT2D eigenvalue weighted by molar-refractivity contribution is 5.96. The third-order valence-electron chi connectivity index (χ3n) is 6.57. The van der Waals surface area contributed by atoms with Crippen LogP contribution in [0.15, 0.2) is 47.5 Å². The molecular formula is C27H33F3N4O5. The molecule has 9 nitrogen and oxygen atoms in total. The van der Waals surface area contributed by atoms with Crippen molar-refractivity contribution in [3.63, 3.8) is 0 Å². The van der Waals surface area contributed by atoms with Crippen LogP contribution in [0.2, 0.25) is 0 Å². The van der Waals surface area contributed by atoms with Crippen LogP contribution in [0, 0.1) is 13.8 Å². The number of hydrogen-bond donors (Lipinski definition) is 3. The number of carboxylic acid groups (broad SMARTS) is 2. The Labute approximate surface area is 224 Å². The quantitative estimate of drug-likeness (QED) is 0.371. The smallest absolute Gasteiger partial charge is 0.478 e. The molecule has 2 aliphatic heterocycles. The predicted octanol–water partition coefficient (Wildman–Crippen LogP) is 4.40. The van der Waals surface area contributed by atoms with Gasteiger partial charge in [0.2, 0.25) is 0 Å². The minimum atomic E-state index is -5.08. The Balaban J connectivity index is 0.000000532. The Hall–Kier alpha value is -3.80. The maximum absolute atomic E-state index is 11.4. The molecule has 0 saturated carbocycles. The van der Waals surface area contributed by atoms with Gasteiger partial charge in [0.1, 0.15) is 0 Å². The molecule has 0 bridgehead atoms. The summed E-state index contributed by atoms with van der Waals surface area (Å²) in [5, 5.41) is 19.8. The van der Waals surface area contributed by atoms with Crippen LogP contribution in [0.5, 0.6) is 0 Å². The average Bonchev–Trinajstić information content (AvgIpc) is 3.42. The molecule has 212 valence electrons. The molecule has 2 heterocycles. The van der Waals surface area contributed by atoms with E-state index in [0.29, 0.717) is 6.54 Å². The summed E-state index contributed by atoms with van der Waals surface area (Å²) in [6.45, 7) is 9.23. The number of aliphatic imine (C=N–C) groups is 1. The number of hydrogen-bond acceptors (Lipinski definition) is 5. The number of nitrogens with zero attached hydrogens (tertiary/aromatic N) is 3.